The molecule has 0 N–H and O–H groups in total. The highest BCUT2D eigenvalue weighted by molar-refractivity contribution is 6.10. The highest BCUT2D eigenvalue weighted by atomic mass is 16.3. The van der Waals surface area contributed by atoms with E-state index in [1.165, 1.54) is 5.56 Å². The molecule has 0 aliphatic rings. The van der Waals surface area contributed by atoms with Gasteiger partial charge in [0.25, 0.3) is 0 Å². The summed E-state index contributed by atoms with van der Waals surface area (Å²) in [5, 5.41) is 2.09. The summed E-state index contributed by atoms with van der Waals surface area (Å²) in [7, 11) is 2.04. The van der Waals surface area contributed by atoms with Gasteiger partial charge in [-0.1, -0.05) is 19.1 Å². The second-order valence-corrected chi connectivity index (χ2v) is 6.38. The van der Waals surface area contributed by atoms with Crippen LogP contribution in [0.3, 0.4) is 0 Å². The molecule has 0 bridgehead atoms. The monoisotopic (exact) mass is 327 g/mol. The predicted octanol–water partition coefficient (Wildman–Crippen LogP) is 5.50. The highest BCUT2D eigenvalue weighted by Crippen LogP contribution is 2.39. The van der Waals surface area contributed by atoms with Crippen molar-refractivity contribution in [3.05, 3.63) is 71.2 Å². The summed E-state index contributed by atoms with van der Waals surface area (Å²) in [5.41, 5.74) is 6.70. The molecule has 0 fully saturated rings. The van der Waals surface area contributed by atoms with E-state index in [2.05, 4.69) is 47.5 Å². The smallest absolute Gasteiger partial charge is 0.232 e. The van der Waals surface area contributed by atoms with Gasteiger partial charge in [-0.15, -0.1) is 0 Å². The molecule has 0 aliphatic carbocycles. The quantitative estimate of drug-likeness (QED) is 0.352. The number of furan rings is 1. The third kappa shape index (κ3) is 2.30. The van der Waals surface area contributed by atoms with Crippen LogP contribution in [0, 0.1) is 13.5 Å². The lowest BCUT2D eigenvalue weighted by atomic mass is 10.0. The van der Waals surface area contributed by atoms with Gasteiger partial charge in [0.15, 0.2) is 6.20 Å². The van der Waals surface area contributed by atoms with Crippen molar-refractivity contribution in [3.63, 3.8) is 0 Å². The Balaban J connectivity index is 2.06. The van der Waals surface area contributed by atoms with Gasteiger partial charge in [-0.05, 0) is 42.7 Å². The Morgan fingerprint density at radius 3 is 2.68 bits per heavy atom. The van der Waals surface area contributed by atoms with Crippen molar-refractivity contribution >= 4 is 27.6 Å². The normalized spacial score (nSPS) is 11.1. The van der Waals surface area contributed by atoms with Crippen molar-refractivity contribution in [2.24, 2.45) is 7.05 Å². The number of nitrogens with zero attached hydrogens (tertiary/aromatic N) is 2. The van der Waals surface area contributed by atoms with Crippen LogP contribution >= 0.6 is 0 Å². The van der Waals surface area contributed by atoms with Crippen molar-refractivity contribution < 1.29 is 8.98 Å². The number of aryl methyl sites for hydroxylation is 3. The summed E-state index contributed by atoms with van der Waals surface area (Å²) in [5.74, 6) is 0. The van der Waals surface area contributed by atoms with Crippen LogP contribution in [-0.2, 0) is 13.5 Å². The Bertz CT molecular complexity index is 1160. The summed E-state index contributed by atoms with van der Waals surface area (Å²) in [6.45, 7) is 11.7. The SMILES string of the molecule is [C-]#[N+]c1c(CC)ccc2c1oc1cc(-c3cccc[n+]3C)c(C)cc12. The van der Waals surface area contributed by atoms with E-state index < -0.39 is 0 Å². The van der Waals surface area contributed by atoms with Gasteiger partial charge in [0, 0.05) is 22.9 Å². The molecule has 0 atom stereocenters. The molecule has 0 unspecified atom stereocenters. The fraction of sp³-hybridized carbons (Fsp3) is 0.182. The first-order valence-electron chi connectivity index (χ1n) is 8.45. The molecule has 0 spiro atoms. The van der Waals surface area contributed by atoms with Gasteiger partial charge in [-0.25, -0.2) is 9.41 Å². The van der Waals surface area contributed by atoms with Gasteiger partial charge in [0.1, 0.15) is 18.2 Å². The Kier molecular flexibility index (Phi) is 3.54. The van der Waals surface area contributed by atoms with Crippen LogP contribution in [0.2, 0.25) is 0 Å². The zero-order valence-electron chi connectivity index (χ0n) is 14.6. The van der Waals surface area contributed by atoms with Crippen LogP contribution in [0.4, 0.5) is 5.69 Å². The lowest BCUT2D eigenvalue weighted by Crippen LogP contribution is -2.30. The minimum absolute atomic E-state index is 0.640. The molecular formula is C22H19N2O+. The minimum atomic E-state index is 0.640. The van der Waals surface area contributed by atoms with Crippen molar-refractivity contribution in [2.75, 3.05) is 0 Å². The van der Waals surface area contributed by atoms with Crippen LogP contribution < -0.4 is 4.57 Å². The van der Waals surface area contributed by atoms with E-state index in [0.29, 0.717) is 11.3 Å². The highest BCUT2D eigenvalue weighted by Gasteiger charge is 2.18. The zero-order chi connectivity index (χ0) is 17.6. The van der Waals surface area contributed by atoms with E-state index in [1.54, 1.807) is 0 Å². The van der Waals surface area contributed by atoms with Crippen molar-refractivity contribution in [1.82, 2.24) is 0 Å². The summed E-state index contributed by atoms with van der Waals surface area (Å²) >= 11 is 0. The lowest BCUT2D eigenvalue weighted by Gasteiger charge is -2.04. The van der Waals surface area contributed by atoms with E-state index in [4.69, 9.17) is 11.0 Å². The standard InChI is InChI=1S/C22H19N2O/c1-5-15-9-10-16-18-12-14(2)17(19-8-6-7-11-24(19)4)13-20(18)25-22(16)21(15)23-3/h6-13H,5H2,1-2,4H3/q+1. The largest absolute Gasteiger partial charge is 0.467 e. The molecule has 0 radical (unpaired) electrons. The Morgan fingerprint density at radius 1 is 1.12 bits per heavy atom. The van der Waals surface area contributed by atoms with Gasteiger partial charge in [0.05, 0.1) is 12.1 Å². The number of hydrogen-bond acceptors (Lipinski definition) is 1. The Hall–Kier alpha value is -3.12. The summed E-state index contributed by atoms with van der Waals surface area (Å²) < 4.78 is 8.26. The van der Waals surface area contributed by atoms with E-state index in [-0.39, 0.29) is 0 Å². The molecule has 25 heavy (non-hydrogen) atoms. The number of hydrogen-bond donors (Lipinski definition) is 0. The van der Waals surface area contributed by atoms with E-state index in [9.17, 15) is 0 Å². The molecule has 0 saturated heterocycles. The molecular weight excluding hydrogens is 308 g/mol. The maximum atomic E-state index is 7.55. The third-order valence-electron chi connectivity index (χ3n) is 4.87. The number of benzene rings is 2. The average Bonchev–Trinajstić information content (AvgIpc) is 2.98. The molecule has 3 heteroatoms. The van der Waals surface area contributed by atoms with Gasteiger partial charge < -0.3 is 4.42 Å². The molecule has 0 amide bonds. The number of aromatic nitrogens is 1. The van der Waals surface area contributed by atoms with Crippen LogP contribution in [0.15, 0.2) is 53.1 Å². The van der Waals surface area contributed by atoms with Gasteiger partial charge in [-0.3, -0.25) is 0 Å². The molecule has 0 aliphatic heterocycles. The number of pyridine rings is 1. The minimum Gasteiger partial charge on any atom is -0.467 e. The molecule has 3 nitrogen and oxygen atoms in total. The maximum Gasteiger partial charge on any atom is 0.232 e. The van der Waals surface area contributed by atoms with Gasteiger partial charge in [0.2, 0.25) is 11.4 Å². The second-order valence-electron chi connectivity index (χ2n) is 6.38. The summed E-state index contributed by atoms with van der Waals surface area (Å²) in [4.78, 5) is 3.73. The van der Waals surface area contributed by atoms with Crippen LogP contribution in [0.1, 0.15) is 18.1 Å². The molecule has 122 valence electrons. The maximum absolute atomic E-state index is 7.55. The molecule has 2 aromatic heterocycles. The molecule has 2 heterocycles. The first kappa shape index (κ1) is 15.4. The Labute approximate surface area is 147 Å². The topological polar surface area (TPSA) is 21.4 Å². The molecule has 4 aromatic rings. The predicted molar refractivity (Wildman–Crippen MR) is 101 cm³/mol. The fourth-order valence-electron chi connectivity index (χ4n) is 3.51. The Morgan fingerprint density at radius 2 is 1.96 bits per heavy atom. The zero-order valence-corrected chi connectivity index (χ0v) is 14.6. The molecule has 0 saturated carbocycles. The molecule has 4 rings (SSSR count). The second kappa shape index (κ2) is 5.75. The van der Waals surface area contributed by atoms with Crippen LogP contribution in [-0.4, -0.2) is 0 Å². The number of fused-ring (bicyclic) bond motifs is 3. The summed E-state index contributed by atoms with van der Waals surface area (Å²) in [6.07, 6.45) is 2.87. The third-order valence-corrected chi connectivity index (χ3v) is 4.87. The number of rotatable bonds is 2. The van der Waals surface area contributed by atoms with Crippen LogP contribution in [0.5, 0.6) is 0 Å². The first-order chi connectivity index (χ1) is 12.1. The van der Waals surface area contributed by atoms with E-state index in [0.717, 1.165) is 39.6 Å². The van der Waals surface area contributed by atoms with Crippen LogP contribution in [0.25, 0.3) is 38.0 Å². The van der Waals surface area contributed by atoms with Gasteiger partial charge >= 0.3 is 0 Å². The van der Waals surface area contributed by atoms with Gasteiger partial charge in [-0.2, -0.15) is 0 Å². The summed E-state index contributed by atoms with van der Waals surface area (Å²) in [6, 6.07) is 14.6. The molecule has 2 aromatic carbocycles. The van der Waals surface area contributed by atoms with Crippen molar-refractivity contribution in [3.8, 4) is 11.3 Å². The van der Waals surface area contributed by atoms with E-state index in [1.807, 2.05) is 31.4 Å². The van der Waals surface area contributed by atoms with Crippen molar-refractivity contribution in [2.45, 2.75) is 20.3 Å². The van der Waals surface area contributed by atoms with E-state index >= 15 is 0 Å². The fourth-order valence-corrected chi connectivity index (χ4v) is 3.51. The van der Waals surface area contributed by atoms with Crippen molar-refractivity contribution in [1.29, 1.82) is 0 Å². The first-order valence-corrected chi connectivity index (χ1v) is 8.45. The lowest BCUT2D eigenvalue weighted by molar-refractivity contribution is -0.660. The average molecular weight is 327 g/mol.